The fourth-order valence-electron chi connectivity index (χ4n) is 1.19. The largest absolute Gasteiger partial charge is 0.480 e. The van der Waals surface area contributed by atoms with Gasteiger partial charge in [-0.1, -0.05) is 23.7 Å². The van der Waals surface area contributed by atoms with Crippen LogP contribution in [-0.2, 0) is 11.3 Å². The third-order valence-corrected chi connectivity index (χ3v) is 2.82. The highest BCUT2D eigenvalue weighted by Gasteiger charge is 2.26. The molecule has 0 aromatic heterocycles. The Bertz CT molecular complexity index is 402. The van der Waals surface area contributed by atoms with Gasteiger partial charge in [0, 0.05) is 11.6 Å². The lowest BCUT2D eigenvalue weighted by molar-refractivity contribution is -0.143. The van der Waals surface area contributed by atoms with Crippen molar-refractivity contribution < 1.29 is 9.90 Å². The summed E-state index contributed by atoms with van der Waals surface area (Å²) in [5, 5.41) is 12.5. The molecule has 0 bridgehead atoms. The highest BCUT2D eigenvalue weighted by Crippen LogP contribution is 2.18. The number of benzene rings is 1. The normalized spacial score (nSPS) is 11.5. The summed E-state index contributed by atoms with van der Waals surface area (Å²) in [6, 6.07) is 5.73. The summed E-state index contributed by atoms with van der Waals surface area (Å²) in [7, 11) is 0. The van der Waals surface area contributed by atoms with Crippen LogP contribution < -0.4 is 5.32 Å². The van der Waals surface area contributed by atoms with E-state index < -0.39 is 11.5 Å². The molecule has 0 saturated heterocycles. The van der Waals surface area contributed by atoms with Gasteiger partial charge >= 0.3 is 5.97 Å². The van der Waals surface area contributed by atoms with E-state index >= 15 is 0 Å². The number of aryl methyl sites for hydroxylation is 1. The Morgan fingerprint density at radius 2 is 2.12 bits per heavy atom. The lowest BCUT2D eigenvalue weighted by atomic mass is 10.1. The van der Waals surface area contributed by atoms with Gasteiger partial charge in [0.05, 0.1) is 0 Å². The number of carboxylic acids is 1. The topological polar surface area (TPSA) is 49.3 Å². The van der Waals surface area contributed by atoms with E-state index in [0.717, 1.165) is 11.1 Å². The fourth-order valence-corrected chi connectivity index (χ4v) is 1.49. The highest BCUT2D eigenvalue weighted by atomic mass is 35.5. The van der Waals surface area contributed by atoms with Gasteiger partial charge < -0.3 is 5.11 Å². The Morgan fingerprint density at radius 1 is 1.50 bits per heavy atom. The summed E-state index contributed by atoms with van der Waals surface area (Å²) in [4.78, 5) is 10.9. The van der Waals surface area contributed by atoms with Crippen LogP contribution in [-0.4, -0.2) is 16.6 Å². The summed E-state index contributed by atoms with van der Waals surface area (Å²) in [5.41, 5.74) is 1.04. The second-order valence-corrected chi connectivity index (χ2v) is 4.79. The van der Waals surface area contributed by atoms with Crippen LogP contribution in [0, 0.1) is 6.92 Å². The molecule has 0 amide bonds. The Morgan fingerprint density at radius 3 is 2.62 bits per heavy atom. The van der Waals surface area contributed by atoms with Crippen LogP contribution in [0.25, 0.3) is 0 Å². The molecule has 2 N–H and O–H groups in total. The molecule has 16 heavy (non-hydrogen) atoms. The van der Waals surface area contributed by atoms with Gasteiger partial charge in [-0.25, -0.2) is 0 Å². The summed E-state index contributed by atoms with van der Waals surface area (Å²) in [6.07, 6.45) is 0. The van der Waals surface area contributed by atoms with Crippen LogP contribution >= 0.6 is 11.6 Å². The van der Waals surface area contributed by atoms with Crippen molar-refractivity contribution >= 4 is 17.6 Å². The molecule has 0 aliphatic heterocycles. The van der Waals surface area contributed by atoms with E-state index in [1.807, 2.05) is 25.1 Å². The molecule has 0 saturated carbocycles. The average Bonchev–Trinajstić information content (AvgIpc) is 2.16. The molecule has 0 spiro atoms. The van der Waals surface area contributed by atoms with Crippen molar-refractivity contribution in [2.24, 2.45) is 0 Å². The number of nitrogens with one attached hydrogen (secondary N) is 1. The van der Waals surface area contributed by atoms with Crippen LogP contribution in [0.15, 0.2) is 18.2 Å². The molecular weight excluding hydrogens is 226 g/mol. The first-order valence-electron chi connectivity index (χ1n) is 5.06. The van der Waals surface area contributed by atoms with Crippen molar-refractivity contribution in [3.63, 3.8) is 0 Å². The van der Waals surface area contributed by atoms with Gasteiger partial charge in [0.1, 0.15) is 5.54 Å². The first-order chi connectivity index (χ1) is 7.33. The van der Waals surface area contributed by atoms with E-state index in [1.165, 1.54) is 0 Å². The number of aliphatic carboxylic acids is 1. The molecule has 0 radical (unpaired) electrons. The lowest BCUT2D eigenvalue weighted by Gasteiger charge is -2.21. The number of carbonyl (C=O) groups is 1. The van der Waals surface area contributed by atoms with Crippen molar-refractivity contribution in [1.29, 1.82) is 0 Å². The van der Waals surface area contributed by atoms with Crippen molar-refractivity contribution in [3.8, 4) is 0 Å². The minimum atomic E-state index is -0.950. The van der Waals surface area contributed by atoms with Gasteiger partial charge in [-0.15, -0.1) is 0 Å². The third-order valence-electron chi connectivity index (χ3n) is 2.46. The number of halogens is 1. The molecular formula is C12H16ClNO2. The van der Waals surface area contributed by atoms with Gasteiger partial charge in [-0.05, 0) is 38.0 Å². The molecule has 0 aliphatic carbocycles. The summed E-state index contributed by atoms with van der Waals surface area (Å²) >= 11 is 6.05. The summed E-state index contributed by atoms with van der Waals surface area (Å²) < 4.78 is 0. The minimum absolute atomic E-state index is 0.443. The van der Waals surface area contributed by atoms with Crippen LogP contribution in [0.5, 0.6) is 0 Å². The van der Waals surface area contributed by atoms with Crippen molar-refractivity contribution in [3.05, 3.63) is 34.3 Å². The second-order valence-electron chi connectivity index (χ2n) is 4.38. The molecule has 4 heteroatoms. The molecule has 1 aromatic carbocycles. The van der Waals surface area contributed by atoms with E-state index in [-0.39, 0.29) is 0 Å². The maximum absolute atomic E-state index is 10.9. The molecule has 88 valence electrons. The smallest absolute Gasteiger partial charge is 0.323 e. The van der Waals surface area contributed by atoms with Gasteiger partial charge in [-0.3, -0.25) is 10.1 Å². The Balaban J connectivity index is 2.72. The van der Waals surface area contributed by atoms with E-state index in [9.17, 15) is 4.79 Å². The minimum Gasteiger partial charge on any atom is -0.480 e. The predicted molar refractivity (Wildman–Crippen MR) is 64.7 cm³/mol. The zero-order chi connectivity index (χ0) is 12.3. The van der Waals surface area contributed by atoms with Crippen LogP contribution in [0.1, 0.15) is 25.0 Å². The van der Waals surface area contributed by atoms with E-state index in [4.69, 9.17) is 16.7 Å². The number of hydrogen-bond donors (Lipinski definition) is 2. The van der Waals surface area contributed by atoms with Gasteiger partial charge in [-0.2, -0.15) is 0 Å². The second kappa shape index (κ2) is 4.85. The Hall–Kier alpha value is -1.06. The maximum atomic E-state index is 10.9. The van der Waals surface area contributed by atoms with E-state index in [0.29, 0.717) is 11.6 Å². The summed E-state index contributed by atoms with van der Waals surface area (Å²) in [5.74, 6) is -0.879. The van der Waals surface area contributed by atoms with Crippen molar-refractivity contribution in [2.45, 2.75) is 32.9 Å². The first-order valence-corrected chi connectivity index (χ1v) is 5.44. The van der Waals surface area contributed by atoms with Crippen molar-refractivity contribution in [1.82, 2.24) is 5.32 Å². The van der Waals surface area contributed by atoms with Crippen molar-refractivity contribution in [2.75, 3.05) is 0 Å². The molecule has 0 unspecified atom stereocenters. The number of carboxylic acid groups (broad SMARTS) is 1. The van der Waals surface area contributed by atoms with Gasteiger partial charge in [0.15, 0.2) is 0 Å². The molecule has 3 nitrogen and oxygen atoms in total. The quantitative estimate of drug-likeness (QED) is 0.852. The summed E-state index contributed by atoms with van der Waals surface area (Å²) in [6.45, 7) is 5.65. The highest BCUT2D eigenvalue weighted by molar-refractivity contribution is 6.31. The zero-order valence-corrected chi connectivity index (χ0v) is 10.4. The molecule has 0 aliphatic rings. The molecule has 1 aromatic rings. The average molecular weight is 242 g/mol. The van der Waals surface area contributed by atoms with Crippen LogP contribution in [0.2, 0.25) is 5.02 Å². The zero-order valence-electron chi connectivity index (χ0n) is 9.67. The Labute approximate surface area is 100 Å². The Kier molecular flexibility index (Phi) is 3.94. The third kappa shape index (κ3) is 3.22. The standard InChI is InChI=1S/C12H16ClNO2/c1-8-4-5-9(10(13)6-8)7-14-12(2,3)11(15)16/h4-6,14H,7H2,1-3H3,(H,15,16). The molecule has 1 rings (SSSR count). The number of hydrogen-bond acceptors (Lipinski definition) is 2. The first kappa shape index (κ1) is 13.0. The monoisotopic (exact) mass is 241 g/mol. The molecule has 0 atom stereocenters. The van der Waals surface area contributed by atoms with E-state index in [2.05, 4.69) is 5.32 Å². The van der Waals surface area contributed by atoms with Gasteiger partial charge in [0.2, 0.25) is 0 Å². The predicted octanol–water partition coefficient (Wildman–Crippen LogP) is 2.60. The lowest BCUT2D eigenvalue weighted by Crippen LogP contribution is -2.46. The van der Waals surface area contributed by atoms with E-state index in [1.54, 1.807) is 13.8 Å². The molecule has 0 fully saturated rings. The van der Waals surface area contributed by atoms with Crippen LogP contribution in [0.3, 0.4) is 0 Å². The number of rotatable bonds is 4. The van der Waals surface area contributed by atoms with Gasteiger partial charge in [0.25, 0.3) is 0 Å². The van der Waals surface area contributed by atoms with Crippen LogP contribution in [0.4, 0.5) is 0 Å². The molecule has 0 heterocycles. The maximum Gasteiger partial charge on any atom is 0.323 e. The fraction of sp³-hybridized carbons (Fsp3) is 0.417. The SMILES string of the molecule is Cc1ccc(CNC(C)(C)C(=O)O)c(Cl)c1.